The molecule has 0 aromatic rings. The first-order chi connectivity index (χ1) is 10.0. The zero-order valence-electron chi connectivity index (χ0n) is 14.3. The van der Waals surface area contributed by atoms with Crippen molar-refractivity contribution in [1.29, 1.82) is 0 Å². The van der Waals surface area contributed by atoms with Crippen LogP contribution in [-0.2, 0) is 4.79 Å². The van der Waals surface area contributed by atoms with E-state index in [-0.39, 0.29) is 11.7 Å². The highest BCUT2D eigenvalue weighted by Gasteiger charge is 2.46. The molecule has 0 radical (unpaired) electrons. The van der Waals surface area contributed by atoms with Crippen LogP contribution in [0.4, 0.5) is 0 Å². The van der Waals surface area contributed by atoms with E-state index in [9.17, 15) is 4.79 Å². The van der Waals surface area contributed by atoms with Gasteiger partial charge < -0.3 is 9.80 Å². The summed E-state index contributed by atoms with van der Waals surface area (Å²) >= 11 is 0. The molecule has 0 aromatic carbocycles. The second-order valence-corrected chi connectivity index (χ2v) is 6.97. The summed E-state index contributed by atoms with van der Waals surface area (Å²) in [7, 11) is 0. The molecular weight excluding hydrogens is 262 g/mol. The van der Waals surface area contributed by atoms with Crippen molar-refractivity contribution in [3.63, 3.8) is 0 Å². The van der Waals surface area contributed by atoms with E-state index in [0.717, 1.165) is 32.4 Å². The Hall–Kier alpha value is -0.610. The number of nitrogens with one attached hydrogen (secondary N) is 1. The molecule has 0 bridgehead atoms. The summed E-state index contributed by atoms with van der Waals surface area (Å²) in [4.78, 5) is 17.5. The first kappa shape index (κ1) is 16.8. The van der Waals surface area contributed by atoms with Crippen LogP contribution in [0.1, 0.15) is 59.8 Å². The van der Waals surface area contributed by atoms with Crippen molar-refractivity contribution < 1.29 is 4.79 Å². The molecule has 1 N–H and O–H groups in total. The molecule has 2 unspecified atom stereocenters. The van der Waals surface area contributed by atoms with Gasteiger partial charge in [-0.05, 0) is 58.2 Å². The van der Waals surface area contributed by atoms with E-state index in [1.165, 1.54) is 25.9 Å². The van der Waals surface area contributed by atoms with Crippen LogP contribution in [0, 0.1) is 5.92 Å². The zero-order valence-corrected chi connectivity index (χ0v) is 14.3. The fourth-order valence-electron chi connectivity index (χ4n) is 3.69. The molecule has 4 heteroatoms. The molecule has 2 saturated heterocycles. The minimum atomic E-state index is -0.343. The van der Waals surface area contributed by atoms with Crippen molar-refractivity contribution >= 4 is 5.91 Å². The van der Waals surface area contributed by atoms with Gasteiger partial charge in [-0.2, -0.15) is 0 Å². The third kappa shape index (κ3) is 3.59. The molecule has 2 rings (SSSR count). The van der Waals surface area contributed by atoms with E-state index in [1.807, 2.05) is 0 Å². The highest BCUT2D eigenvalue weighted by Crippen LogP contribution is 2.28. The second kappa shape index (κ2) is 7.10. The van der Waals surface area contributed by atoms with Crippen molar-refractivity contribution in [2.24, 2.45) is 5.92 Å². The maximum absolute atomic E-state index is 12.8. The molecule has 2 heterocycles. The van der Waals surface area contributed by atoms with Crippen LogP contribution in [0.2, 0.25) is 0 Å². The number of hydrogen-bond donors (Lipinski definition) is 1. The second-order valence-electron chi connectivity index (χ2n) is 6.97. The van der Waals surface area contributed by atoms with Gasteiger partial charge in [-0.15, -0.1) is 0 Å². The van der Waals surface area contributed by atoms with Gasteiger partial charge in [0.25, 0.3) is 0 Å². The Kier molecular flexibility index (Phi) is 5.67. The van der Waals surface area contributed by atoms with Crippen molar-refractivity contribution in [2.45, 2.75) is 71.5 Å². The first-order valence-corrected chi connectivity index (χ1v) is 8.85. The summed E-state index contributed by atoms with van der Waals surface area (Å²) in [6.07, 6.45) is 5.77. The van der Waals surface area contributed by atoms with Crippen molar-refractivity contribution in [3.05, 3.63) is 0 Å². The Bertz CT molecular complexity index is 352. The third-order valence-corrected chi connectivity index (χ3v) is 5.47. The van der Waals surface area contributed by atoms with E-state index in [1.54, 1.807) is 0 Å². The van der Waals surface area contributed by atoms with Crippen molar-refractivity contribution in [1.82, 2.24) is 15.1 Å². The van der Waals surface area contributed by atoms with E-state index < -0.39 is 0 Å². The lowest BCUT2D eigenvalue weighted by molar-refractivity contribution is -0.133. The molecule has 0 aliphatic carbocycles. The predicted octanol–water partition coefficient (Wildman–Crippen LogP) is 2.45. The number of carbonyl (C=O) groups is 1. The quantitative estimate of drug-likeness (QED) is 0.817. The molecule has 21 heavy (non-hydrogen) atoms. The molecule has 0 saturated carbocycles. The Labute approximate surface area is 130 Å². The summed E-state index contributed by atoms with van der Waals surface area (Å²) in [5.74, 6) is 0.999. The fraction of sp³-hybridized carbons (Fsp3) is 0.941. The predicted molar refractivity (Wildman–Crippen MR) is 87.1 cm³/mol. The van der Waals surface area contributed by atoms with E-state index in [4.69, 9.17) is 0 Å². The maximum Gasteiger partial charge on any atom is 0.243 e. The maximum atomic E-state index is 12.8. The number of amides is 1. The molecule has 4 nitrogen and oxygen atoms in total. The van der Waals surface area contributed by atoms with E-state index in [0.29, 0.717) is 11.8 Å². The Morgan fingerprint density at radius 2 is 1.90 bits per heavy atom. The van der Waals surface area contributed by atoms with E-state index in [2.05, 4.69) is 42.8 Å². The molecule has 1 amide bonds. The largest absolute Gasteiger partial charge is 0.325 e. The minimum Gasteiger partial charge on any atom is -0.325 e. The van der Waals surface area contributed by atoms with Crippen molar-refractivity contribution in [3.8, 4) is 0 Å². The molecule has 2 aliphatic heterocycles. The van der Waals surface area contributed by atoms with Crippen LogP contribution in [0.5, 0.6) is 0 Å². The van der Waals surface area contributed by atoms with Crippen LogP contribution in [0.25, 0.3) is 0 Å². The Morgan fingerprint density at radius 3 is 2.43 bits per heavy atom. The van der Waals surface area contributed by atoms with Crippen LogP contribution < -0.4 is 5.32 Å². The van der Waals surface area contributed by atoms with Crippen LogP contribution in [0.3, 0.4) is 0 Å². The number of rotatable bonds is 6. The van der Waals surface area contributed by atoms with Gasteiger partial charge in [0.15, 0.2) is 0 Å². The summed E-state index contributed by atoms with van der Waals surface area (Å²) in [6, 6.07) is 0. The number of hydrogen-bond acceptors (Lipinski definition) is 3. The first-order valence-electron chi connectivity index (χ1n) is 8.85. The molecular formula is C17H33N3O. The monoisotopic (exact) mass is 295 g/mol. The molecule has 2 fully saturated rings. The third-order valence-electron chi connectivity index (χ3n) is 5.47. The van der Waals surface area contributed by atoms with Gasteiger partial charge in [-0.25, -0.2) is 0 Å². The standard InChI is InChI=1S/C17H33N3O/c1-5-8-15-18-17(4,6-2)16(21)20(15)13-14-9-11-19(7-3)12-10-14/h14-15,18H,5-13H2,1-4H3. The highest BCUT2D eigenvalue weighted by molar-refractivity contribution is 5.88. The van der Waals surface area contributed by atoms with Crippen molar-refractivity contribution in [2.75, 3.05) is 26.2 Å². The zero-order chi connectivity index (χ0) is 15.5. The lowest BCUT2D eigenvalue weighted by Crippen LogP contribution is -2.44. The fourth-order valence-corrected chi connectivity index (χ4v) is 3.69. The number of likely N-dealkylation sites (tertiary alicyclic amines) is 1. The summed E-state index contributed by atoms with van der Waals surface area (Å²) in [5, 5.41) is 3.59. The number of nitrogens with zero attached hydrogens (tertiary/aromatic N) is 2. The minimum absolute atomic E-state index is 0.247. The number of carbonyl (C=O) groups excluding carboxylic acids is 1. The van der Waals surface area contributed by atoms with Crippen LogP contribution >= 0.6 is 0 Å². The normalized spacial score (nSPS) is 32.1. The molecule has 122 valence electrons. The molecule has 2 aliphatic rings. The Morgan fingerprint density at radius 1 is 1.24 bits per heavy atom. The SMILES string of the molecule is CCCC1NC(C)(CC)C(=O)N1CC1CCN(CC)CC1. The van der Waals surface area contributed by atoms with Gasteiger partial charge in [-0.1, -0.05) is 27.2 Å². The average Bonchev–Trinajstić information content (AvgIpc) is 2.74. The van der Waals surface area contributed by atoms with Gasteiger partial charge in [-0.3, -0.25) is 10.1 Å². The average molecular weight is 295 g/mol. The summed E-state index contributed by atoms with van der Waals surface area (Å²) < 4.78 is 0. The summed E-state index contributed by atoms with van der Waals surface area (Å²) in [5.41, 5.74) is -0.343. The lowest BCUT2D eigenvalue weighted by atomic mass is 9.95. The van der Waals surface area contributed by atoms with Gasteiger partial charge in [0, 0.05) is 6.54 Å². The Balaban J connectivity index is 1.98. The van der Waals surface area contributed by atoms with Crippen LogP contribution in [-0.4, -0.2) is 53.6 Å². The number of piperidine rings is 1. The smallest absolute Gasteiger partial charge is 0.243 e. The summed E-state index contributed by atoms with van der Waals surface area (Å²) in [6.45, 7) is 13.1. The van der Waals surface area contributed by atoms with Gasteiger partial charge in [0.2, 0.25) is 5.91 Å². The van der Waals surface area contributed by atoms with Gasteiger partial charge in [0.05, 0.1) is 11.7 Å². The molecule has 2 atom stereocenters. The lowest BCUT2D eigenvalue weighted by Gasteiger charge is -2.34. The van der Waals surface area contributed by atoms with Gasteiger partial charge >= 0.3 is 0 Å². The molecule has 0 aromatic heterocycles. The van der Waals surface area contributed by atoms with Gasteiger partial charge in [0.1, 0.15) is 0 Å². The van der Waals surface area contributed by atoms with Crippen LogP contribution in [0.15, 0.2) is 0 Å². The topological polar surface area (TPSA) is 35.6 Å². The highest BCUT2D eigenvalue weighted by atomic mass is 16.2. The molecule has 0 spiro atoms. The van der Waals surface area contributed by atoms with E-state index >= 15 is 0 Å².